The zero-order valence-electron chi connectivity index (χ0n) is 15.8. The van der Waals surface area contributed by atoms with E-state index < -0.39 is 0 Å². The molecule has 0 aliphatic rings. The van der Waals surface area contributed by atoms with Crippen molar-refractivity contribution in [2.45, 2.75) is 104 Å². The first kappa shape index (κ1) is 21.9. The van der Waals surface area contributed by atoms with Crippen LogP contribution >= 0.6 is 0 Å². The Labute approximate surface area is 140 Å². The molecule has 134 valence electrons. The van der Waals surface area contributed by atoms with Crippen molar-refractivity contribution in [3.05, 3.63) is 0 Å². The molecule has 0 rings (SSSR count). The van der Waals surface area contributed by atoms with Crippen molar-refractivity contribution in [3.63, 3.8) is 0 Å². The average Bonchev–Trinajstić information content (AvgIpc) is 2.54. The average molecular weight is 314 g/mol. The number of ether oxygens (including phenoxy) is 1. The third-order valence-corrected chi connectivity index (χ3v) is 5.00. The fraction of sp³-hybridized carbons (Fsp3) is 1.00. The fourth-order valence-corrected chi connectivity index (χ4v) is 3.40. The van der Waals surface area contributed by atoms with Crippen LogP contribution in [0, 0.1) is 5.41 Å². The van der Waals surface area contributed by atoms with E-state index in [0.717, 1.165) is 13.2 Å². The molecule has 0 bridgehead atoms. The highest BCUT2D eigenvalue weighted by Gasteiger charge is 2.27. The van der Waals surface area contributed by atoms with Crippen LogP contribution in [-0.2, 0) is 4.74 Å². The molecule has 0 spiro atoms. The van der Waals surface area contributed by atoms with Crippen molar-refractivity contribution in [2.24, 2.45) is 11.1 Å². The second-order valence-electron chi connectivity index (χ2n) is 7.17. The van der Waals surface area contributed by atoms with E-state index in [1.807, 2.05) is 7.11 Å². The summed E-state index contributed by atoms with van der Waals surface area (Å²) in [5, 5.41) is 0. The lowest BCUT2D eigenvalue weighted by molar-refractivity contribution is 0.0665. The Morgan fingerprint density at radius 2 is 1.09 bits per heavy atom. The molecule has 0 unspecified atom stereocenters. The van der Waals surface area contributed by atoms with Crippen LogP contribution in [0.15, 0.2) is 0 Å². The molecule has 0 aliphatic carbocycles. The minimum absolute atomic E-state index is 0.240. The summed E-state index contributed by atoms with van der Waals surface area (Å²) in [5.41, 5.74) is 6.38. The summed E-state index contributed by atoms with van der Waals surface area (Å²) in [4.78, 5) is 0. The molecule has 0 heterocycles. The van der Waals surface area contributed by atoms with Crippen LogP contribution in [0.4, 0.5) is 0 Å². The van der Waals surface area contributed by atoms with Crippen LogP contribution < -0.4 is 5.73 Å². The van der Waals surface area contributed by atoms with E-state index in [1.165, 1.54) is 89.9 Å². The SMILES string of the molecule is CCCCCCCCC(CN)(CCCCCCCC)COC. The van der Waals surface area contributed by atoms with E-state index in [9.17, 15) is 0 Å². The minimum Gasteiger partial charge on any atom is -0.384 e. The zero-order chi connectivity index (χ0) is 16.5. The molecule has 0 atom stereocenters. The normalized spacial score (nSPS) is 12.0. The van der Waals surface area contributed by atoms with Crippen molar-refractivity contribution < 1.29 is 4.74 Å². The highest BCUT2D eigenvalue weighted by molar-refractivity contribution is 4.80. The molecular weight excluding hydrogens is 270 g/mol. The summed E-state index contributed by atoms with van der Waals surface area (Å²) < 4.78 is 5.51. The molecule has 0 fully saturated rings. The van der Waals surface area contributed by atoms with Gasteiger partial charge in [0.15, 0.2) is 0 Å². The smallest absolute Gasteiger partial charge is 0.0530 e. The maximum absolute atomic E-state index is 6.14. The van der Waals surface area contributed by atoms with Crippen LogP contribution in [0.2, 0.25) is 0 Å². The van der Waals surface area contributed by atoms with Gasteiger partial charge < -0.3 is 10.5 Å². The lowest BCUT2D eigenvalue weighted by atomic mass is 9.78. The molecule has 0 radical (unpaired) electrons. The molecule has 0 aromatic carbocycles. The third kappa shape index (κ3) is 11.5. The number of unbranched alkanes of at least 4 members (excludes halogenated alkanes) is 10. The van der Waals surface area contributed by atoms with Gasteiger partial charge in [-0.1, -0.05) is 90.9 Å². The molecule has 0 amide bonds. The van der Waals surface area contributed by atoms with Gasteiger partial charge in [0.1, 0.15) is 0 Å². The van der Waals surface area contributed by atoms with Gasteiger partial charge in [-0.05, 0) is 12.8 Å². The van der Waals surface area contributed by atoms with Crippen LogP contribution in [-0.4, -0.2) is 20.3 Å². The first-order valence-electron chi connectivity index (χ1n) is 9.93. The van der Waals surface area contributed by atoms with Crippen molar-refractivity contribution in [3.8, 4) is 0 Å². The highest BCUT2D eigenvalue weighted by Crippen LogP contribution is 2.31. The Bertz CT molecular complexity index is 202. The summed E-state index contributed by atoms with van der Waals surface area (Å²) in [6.07, 6.45) is 18.9. The molecule has 0 saturated heterocycles. The largest absolute Gasteiger partial charge is 0.384 e. The number of hydrogen-bond donors (Lipinski definition) is 1. The summed E-state index contributed by atoms with van der Waals surface area (Å²) in [6.45, 7) is 6.18. The second kappa shape index (κ2) is 15.8. The van der Waals surface area contributed by atoms with Gasteiger partial charge in [-0.15, -0.1) is 0 Å². The second-order valence-corrected chi connectivity index (χ2v) is 7.17. The molecule has 2 N–H and O–H groups in total. The van der Waals surface area contributed by atoms with Gasteiger partial charge in [0.25, 0.3) is 0 Å². The standard InChI is InChI=1S/C20H43NO/c1-4-6-8-10-12-14-16-20(18-21,19-22-3)17-15-13-11-9-7-5-2/h4-19,21H2,1-3H3. The number of hydrogen-bond acceptors (Lipinski definition) is 2. The van der Waals surface area contributed by atoms with Crippen molar-refractivity contribution >= 4 is 0 Å². The summed E-state index contributed by atoms with van der Waals surface area (Å²) in [7, 11) is 1.83. The first-order valence-corrected chi connectivity index (χ1v) is 9.93. The molecule has 2 heteroatoms. The van der Waals surface area contributed by atoms with Crippen molar-refractivity contribution in [1.82, 2.24) is 0 Å². The van der Waals surface area contributed by atoms with Crippen LogP contribution in [0.25, 0.3) is 0 Å². The number of methoxy groups -OCH3 is 1. The molecule has 22 heavy (non-hydrogen) atoms. The lowest BCUT2D eigenvalue weighted by Gasteiger charge is -2.32. The summed E-state index contributed by atoms with van der Waals surface area (Å²) >= 11 is 0. The Morgan fingerprint density at radius 1 is 0.682 bits per heavy atom. The Morgan fingerprint density at radius 3 is 1.45 bits per heavy atom. The van der Waals surface area contributed by atoms with Gasteiger partial charge in [-0.2, -0.15) is 0 Å². The van der Waals surface area contributed by atoms with Crippen molar-refractivity contribution in [1.29, 1.82) is 0 Å². The van der Waals surface area contributed by atoms with E-state index in [1.54, 1.807) is 0 Å². The van der Waals surface area contributed by atoms with Crippen LogP contribution in [0.5, 0.6) is 0 Å². The van der Waals surface area contributed by atoms with E-state index in [2.05, 4.69) is 13.8 Å². The van der Waals surface area contributed by atoms with Gasteiger partial charge in [-0.3, -0.25) is 0 Å². The molecular formula is C20H43NO. The predicted octanol–water partition coefficient (Wildman–Crippen LogP) is 6.08. The molecule has 0 aromatic heterocycles. The summed E-state index contributed by atoms with van der Waals surface area (Å²) in [6, 6.07) is 0. The van der Waals surface area contributed by atoms with Crippen molar-refractivity contribution in [2.75, 3.05) is 20.3 Å². The third-order valence-electron chi connectivity index (χ3n) is 5.00. The molecule has 0 aromatic rings. The molecule has 2 nitrogen and oxygen atoms in total. The van der Waals surface area contributed by atoms with Gasteiger partial charge in [0.2, 0.25) is 0 Å². The van der Waals surface area contributed by atoms with Gasteiger partial charge >= 0.3 is 0 Å². The first-order chi connectivity index (χ1) is 10.7. The van der Waals surface area contributed by atoms with Crippen LogP contribution in [0.1, 0.15) is 104 Å². The molecule has 0 saturated carbocycles. The van der Waals surface area contributed by atoms with Gasteiger partial charge in [-0.25, -0.2) is 0 Å². The van der Waals surface area contributed by atoms with E-state index >= 15 is 0 Å². The topological polar surface area (TPSA) is 35.2 Å². The number of rotatable bonds is 17. The molecule has 0 aliphatic heterocycles. The quantitative estimate of drug-likeness (QED) is 0.330. The maximum atomic E-state index is 6.14. The Balaban J connectivity index is 3.95. The van der Waals surface area contributed by atoms with Gasteiger partial charge in [0.05, 0.1) is 6.61 Å². The minimum atomic E-state index is 0.240. The Hall–Kier alpha value is -0.0800. The summed E-state index contributed by atoms with van der Waals surface area (Å²) in [5.74, 6) is 0. The fourth-order valence-electron chi connectivity index (χ4n) is 3.40. The van der Waals surface area contributed by atoms with E-state index in [0.29, 0.717) is 0 Å². The maximum Gasteiger partial charge on any atom is 0.0530 e. The highest BCUT2D eigenvalue weighted by atomic mass is 16.5. The van der Waals surface area contributed by atoms with E-state index in [4.69, 9.17) is 10.5 Å². The predicted molar refractivity (Wildman–Crippen MR) is 99.3 cm³/mol. The van der Waals surface area contributed by atoms with Gasteiger partial charge in [0, 0.05) is 19.1 Å². The lowest BCUT2D eigenvalue weighted by Crippen LogP contribution is -2.35. The monoisotopic (exact) mass is 313 g/mol. The Kier molecular flexibility index (Phi) is 15.7. The van der Waals surface area contributed by atoms with E-state index in [-0.39, 0.29) is 5.41 Å². The number of nitrogens with two attached hydrogens (primary N) is 1. The zero-order valence-corrected chi connectivity index (χ0v) is 15.8. The van der Waals surface area contributed by atoms with Crippen LogP contribution in [0.3, 0.4) is 0 Å².